The molecule has 0 unspecified atom stereocenters. The molecule has 1 aliphatic carbocycles. The van der Waals surface area contributed by atoms with E-state index in [2.05, 4.69) is 10.3 Å². The van der Waals surface area contributed by atoms with Gasteiger partial charge in [0.25, 0.3) is 5.91 Å². The summed E-state index contributed by atoms with van der Waals surface area (Å²) in [6, 6.07) is 9.49. The largest absolute Gasteiger partial charge is 0.338 e. The molecule has 1 N–H and O–H groups in total. The van der Waals surface area contributed by atoms with Crippen LogP contribution in [-0.2, 0) is 4.79 Å². The first-order valence-corrected chi connectivity index (χ1v) is 9.06. The van der Waals surface area contributed by atoms with E-state index >= 15 is 0 Å². The minimum Gasteiger partial charge on any atom is -0.338 e. The van der Waals surface area contributed by atoms with E-state index in [9.17, 15) is 9.59 Å². The molecule has 2 aliphatic rings. The highest BCUT2D eigenvalue weighted by atomic mass is 16.2. The van der Waals surface area contributed by atoms with Crippen LogP contribution in [0.4, 0.5) is 5.69 Å². The molecule has 1 saturated carbocycles. The predicted molar refractivity (Wildman–Crippen MR) is 99.8 cm³/mol. The number of hydrogen-bond acceptors (Lipinski definition) is 3. The molecule has 2 atom stereocenters. The van der Waals surface area contributed by atoms with Gasteiger partial charge in [-0.25, -0.2) is 0 Å². The quantitative estimate of drug-likeness (QED) is 0.926. The number of likely N-dealkylation sites (tertiary alicyclic amines) is 1. The third-order valence-electron chi connectivity index (χ3n) is 5.86. The molecule has 1 saturated heterocycles. The summed E-state index contributed by atoms with van der Waals surface area (Å²) < 4.78 is 0. The number of aromatic nitrogens is 1. The highest BCUT2D eigenvalue weighted by Gasteiger charge is 2.61. The lowest BCUT2D eigenvalue weighted by Gasteiger charge is -2.17. The summed E-state index contributed by atoms with van der Waals surface area (Å²) in [5.74, 6) is 0.0991. The highest BCUT2D eigenvalue weighted by Crippen LogP contribution is 2.58. The number of anilines is 1. The van der Waals surface area contributed by atoms with Crippen LogP contribution >= 0.6 is 0 Å². The Balaban J connectivity index is 1.40. The summed E-state index contributed by atoms with van der Waals surface area (Å²) >= 11 is 0. The van der Waals surface area contributed by atoms with Crippen LogP contribution in [0.2, 0.25) is 0 Å². The molecule has 2 amide bonds. The zero-order valence-corrected chi connectivity index (χ0v) is 15.2. The van der Waals surface area contributed by atoms with Crippen LogP contribution in [0.1, 0.15) is 34.3 Å². The SMILES string of the molecule is Cc1ccc(C(=O)N2CC[C@@]3(C[C@@H]3C(=O)Nc3cccnc3)C2)cc1C. The number of pyridine rings is 1. The Morgan fingerprint density at radius 1 is 1.23 bits per heavy atom. The summed E-state index contributed by atoms with van der Waals surface area (Å²) in [4.78, 5) is 31.3. The molecular weight excluding hydrogens is 326 g/mol. The zero-order chi connectivity index (χ0) is 18.3. The second-order valence-electron chi connectivity index (χ2n) is 7.63. The van der Waals surface area contributed by atoms with Crippen molar-refractivity contribution in [2.45, 2.75) is 26.7 Å². The molecule has 1 aliphatic heterocycles. The Morgan fingerprint density at radius 2 is 2.08 bits per heavy atom. The van der Waals surface area contributed by atoms with Crippen LogP contribution < -0.4 is 5.32 Å². The van der Waals surface area contributed by atoms with Gasteiger partial charge in [0.1, 0.15) is 0 Å². The van der Waals surface area contributed by atoms with Crippen LogP contribution in [0.25, 0.3) is 0 Å². The number of nitrogens with one attached hydrogen (secondary N) is 1. The Bertz CT molecular complexity index is 865. The van der Waals surface area contributed by atoms with Crippen LogP contribution in [0, 0.1) is 25.2 Å². The fourth-order valence-corrected chi connectivity index (χ4v) is 3.96. The molecule has 2 heterocycles. The molecule has 0 bridgehead atoms. The Morgan fingerprint density at radius 3 is 2.81 bits per heavy atom. The molecule has 2 aromatic rings. The van der Waals surface area contributed by atoms with Gasteiger partial charge in [0.05, 0.1) is 11.9 Å². The van der Waals surface area contributed by atoms with Crippen molar-refractivity contribution >= 4 is 17.5 Å². The normalized spacial score (nSPS) is 23.9. The second-order valence-corrected chi connectivity index (χ2v) is 7.63. The van der Waals surface area contributed by atoms with Crippen molar-refractivity contribution in [2.24, 2.45) is 11.3 Å². The molecule has 4 rings (SSSR count). The number of amides is 2. The Labute approximate surface area is 153 Å². The smallest absolute Gasteiger partial charge is 0.253 e. The van der Waals surface area contributed by atoms with Gasteiger partial charge in [-0.15, -0.1) is 0 Å². The van der Waals surface area contributed by atoms with Crippen LogP contribution in [-0.4, -0.2) is 34.8 Å². The molecule has 0 radical (unpaired) electrons. The zero-order valence-electron chi connectivity index (χ0n) is 15.2. The number of aryl methyl sites for hydroxylation is 2. The first kappa shape index (κ1) is 16.8. The van der Waals surface area contributed by atoms with Crippen molar-refractivity contribution in [1.82, 2.24) is 9.88 Å². The third kappa shape index (κ3) is 2.98. The van der Waals surface area contributed by atoms with E-state index in [1.165, 1.54) is 5.56 Å². The van der Waals surface area contributed by atoms with Crippen molar-refractivity contribution < 1.29 is 9.59 Å². The first-order valence-electron chi connectivity index (χ1n) is 9.06. The molecule has 1 aromatic carbocycles. The van der Waals surface area contributed by atoms with Gasteiger partial charge < -0.3 is 10.2 Å². The van der Waals surface area contributed by atoms with E-state index < -0.39 is 0 Å². The molecule has 5 nitrogen and oxygen atoms in total. The lowest BCUT2D eigenvalue weighted by Crippen LogP contribution is -2.30. The van der Waals surface area contributed by atoms with Gasteiger partial charge in [-0.3, -0.25) is 14.6 Å². The standard InChI is InChI=1S/C21H23N3O2/c1-14-5-6-16(10-15(14)2)20(26)24-9-7-21(13-24)11-18(21)19(25)23-17-4-3-8-22-12-17/h3-6,8,10,12,18H,7,9,11,13H2,1-2H3,(H,23,25)/t18-,21-/m1/s1. The highest BCUT2D eigenvalue weighted by molar-refractivity contribution is 5.97. The van der Waals surface area contributed by atoms with E-state index in [1.807, 2.05) is 43.0 Å². The fourth-order valence-electron chi connectivity index (χ4n) is 3.96. The van der Waals surface area contributed by atoms with E-state index in [0.717, 1.165) is 36.2 Å². The summed E-state index contributed by atoms with van der Waals surface area (Å²) in [5.41, 5.74) is 3.74. The Hall–Kier alpha value is -2.69. The van der Waals surface area contributed by atoms with Crippen LogP contribution in [0.15, 0.2) is 42.7 Å². The monoisotopic (exact) mass is 349 g/mol. The number of rotatable bonds is 3. The predicted octanol–water partition coefficient (Wildman–Crippen LogP) is 3.19. The van der Waals surface area contributed by atoms with E-state index in [0.29, 0.717) is 6.54 Å². The first-order chi connectivity index (χ1) is 12.5. The summed E-state index contributed by atoms with van der Waals surface area (Å²) in [6.45, 7) is 5.47. The summed E-state index contributed by atoms with van der Waals surface area (Å²) in [7, 11) is 0. The van der Waals surface area contributed by atoms with Crippen molar-refractivity contribution in [1.29, 1.82) is 0 Å². The molecule has 1 spiro atoms. The van der Waals surface area contributed by atoms with Gasteiger partial charge in [0.15, 0.2) is 0 Å². The molecule has 5 heteroatoms. The van der Waals surface area contributed by atoms with E-state index in [1.54, 1.807) is 18.5 Å². The number of benzene rings is 1. The summed E-state index contributed by atoms with van der Waals surface area (Å²) in [6.07, 6.45) is 5.09. The van der Waals surface area contributed by atoms with Crippen molar-refractivity contribution in [2.75, 3.05) is 18.4 Å². The summed E-state index contributed by atoms with van der Waals surface area (Å²) in [5, 5.41) is 2.94. The maximum absolute atomic E-state index is 12.8. The molecule has 26 heavy (non-hydrogen) atoms. The van der Waals surface area contributed by atoms with E-state index in [4.69, 9.17) is 0 Å². The average Bonchev–Trinajstić information content (AvgIpc) is 3.18. The number of hydrogen-bond donors (Lipinski definition) is 1. The van der Waals surface area contributed by atoms with Gasteiger partial charge in [0, 0.05) is 36.2 Å². The fraction of sp³-hybridized carbons (Fsp3) is 0.381. The van der Waals surface area contributed by atoms with Gasteiger partial charge in [-0.05, 0) is 62.1 Å². The van der Waals surface area contributed by atoms with Crippen LogP contribution in [0.3, 0.4) is 0 Å². The third-order valence-corrected chi connectivity index (χ3v) is 5.86. The van der Waals surface area contributed by atoms with Gasteiger partial charge in [-0.2, -0.15) is 0 Å². The Kier molecular flexibility index (Phi) is 4.02. The molecule has 2 fully saturated rings. The van der Waals surface area contributed by atoms with Gasteiger partial charge in [-0.1, -0.05) is 6.07 Å². The van der Waals surface area contributed by atoms with E-state index in [-0.39, 0.29) is 23.1 Å². The molecule has 134 valence electrons. The van der Waals surface area contributed by atoms with Crippen molar-refractivity contribution in [3.05, 3.63) is 59.4 Å². The van der Waals surface area contributed by atoms with Crippen molar-refractivity contribution in [3.8, 4) is 0 Å². The topological polar surface area (TPSA) is 62.3 Å². The molecular formula is C21H23N3O2. The molecule has 1 aromatic heterocycles. The van der Waals surface area contributed by atoms with Crippen molar-refractivity contribution in [3.63, 3.8) is 0 Å². The maximum Gasteiger partial charge on any atom is 0.253 e. The minimum atomic E-state index is -0.0400. The van der Waals surface area contributed by atoms with Gasteiger partial charge in [0.2, 0.25) is 5.91 Å². The number of carbonyl (C=O) groups is 2. The average molecular weight is 349 g/mol. The lowest BCUT2D eigenvalue weighted by atomic mass is 10.0. The maximum atomic E-state index is 12.8. The van der Waals surface area contributed by atoms with Gasteiger partial charge >= 0.3 is 0 Å². The lowest BCUT2D eigenvalue weighted by molar-refractivity contribution is -0.118. The minimum absolute atomic E-state index is 0.0136. The number of carbonyl (C=O) groups excluding carboxylic acids is 2. The van der Waals surface area contributed by atoms with Crippen LogP contribution in [0.5, 0.6) is 0 Å². The number of nitrogens with zero attached hydrogens (tertiary/aromatic N) is 2. The second kappa shape index (κ2) is 6.24.